The van der Waals surface area contributed by atoms with Gasteiger partial charge in [-0.05, 0) is 30.9 Å². The molecule has 21 heavy (non-hydrogen) atoms. The largest absolute Gasteiger partial charge is 0.459 e. The first kappa shape index (κ1) is 15.3. The summed E-state index contributed by atoms with van der Waals surface area (Å²) in [6.45, 7) is 1.99. The van der Waals surface area contributed by atoms with Crippen LogP contribution in [-0.2, 0) is 22.6 Å². The predicted octanol–water partition coefficient (Wildman–Crippen LogP) is 3.08. The van der Waals surface area contributed by atoms with Gasteiger partial charge >= 0.3 is 5.97 Å². The molecular formula is C18H21NO2. The first-order valence-electron chi connectivity index (χ1n) is 7.12. The highest BCUT2D eigenvalue weighted by atomic mass is 16.5. The highest BCUT2D eigenvalue weighted by Crippen LogP contribution is 2.14. The van der Waals surface area contributed by atoms with Crippen molar-refractivity contribution in [2.24, 2.45) is 5.73 Å². The van der Waals surface area contributed by atoms with Gasteiger partial charge in [-0.15, -0.1) is 0 Å². The Labute approximate surface area is 125 Å². The fourth-order valence-corrected chi connectivity index (χ4v) is 2.04. The first-order chi connectivity index (χ1) is 10.1. The van der Waals surface area contributed by atoms with Gasteiger partial charge in [0, 0.05) is 0 Å². The molecule has 0 aromatic heterocycles. The van der Waals surface area contributed by atoms with E-state index in [9.17, 15) is 4.79 Å². The second-order valence-corrected chi connectivity index (χ2v) is 5.46. The number of hydrogen-bond acceptors (Lipinski definition) is 3. The van der Waals surface area contributed by atoms with Crippen molar-refractivity contribution in [3.05, 3.63) is 71.8 Å². The minimum Gasteiger partial charge on any atom is -0.459 e. The Morgan fingerprint density at radius 3 is 2.10 bits per heavy atom. The average Bonchev–Trinajstić information content (AvgIpc) is 2.52. The van der Waals surface area contributed by atoms with Gasteiger partial charge < -0.3 is 10.5 Å². The van der Waals surface area contributed by atoms with Crippen LogP contribution in [-0.4, -0.2) is 11.5 Å². The number of hydrogen-bond donors (Lipinski definition) is 1. The molecule has 110 valence electrons. The minimum atomic E-state index is -0.968. The number of carbonyl (C=O) groups is 1. The van der Waals surface area contributed by atoms with E-state index in [1.54, 1.807) is 6.92 Å². The van der Waals surface area contributed by atoms with Gasteiger partial charge in [-0.1, -0.05) is 60.7 Å². The fourth-order valence-electron chi connectivity index (χ4n) is 2.04. The predicted molar refractivity (Wildman–Crippen MR) is 83.6 cm³/mol. The molecule has 0 aliphatic carbocycles. The number of esters is 1. The van der Waals surface area contributed by atoms with Crippen LogP contribution in [0.5, 0.6) is 0 Å². The van der Waals surface area contributed by atoms with Crippen molar-refractivity contribution < 1.29 is 9.53 Å². The molecule has 0 aliphatic heterocycles. The van der Waals surface area contributed by atoms with E-state index < -0.39 is 5.54 Å². The van der Waals surface area contributed by atoms with Crippen molar-refractivity contribution >= 4 is 5.97 Å². The van der Waals surface area contributed by atoms with Crippen LogP contribution >= 0.6 is 0 Å². The Bertz CT molecular complexity index is 564. The van der Waals surface area contributed by atoms with E-state index in [1.165, 1.54) is 5.56 Å². The van der Waals surface area contributed by atoms with Crippen LogP contribution in [0, 0.1) is 0 Å². The maximum absolute atomic E-state index is 12.1. The van der Waals surface area contributed by atoms with E-state index >= 15 is 0 Å². The summed E-state index contributed by atoms with van der Waals surface area (Å²) in [6.07, 6.45) is 1.32. The summed E-state index contributed by atoms with van der Waals surface area (Å²) in [5.41, 5.74) is 7.26. The molecule has 3 nitrogen and oxygen atoms in total. The summed E-state index contributed by atoms with van der Waals surface area (Å²) in [5, 5.41) is 0. The molecule has 0 fully saturated rings. The average molecular weight is 283 g/mol. The second-order valence-electron chi connectivity index (χ2n) is 5.46. The number of rotatable bonds is 6. The van der Waals surface area contributed by atoms with Crippen molar-refractivity contribution in [1.82, 2.24) is 0 Å². The molecular weight excluding hydrogens is 262 g/mol. The van der Waals surface area contributed by atoms with Gasteiger partial charge in [0.25, 0.3) is 0 Å². The third-order valence-corrected chi connectivity index (χ3v) is 3.45. The van der Waals surface area contributed by atoms with E-state index in [2.05, 4.69) is 0 Å². The van der Waals surface area contributed by atoms with Crippen LogP contribution < -0.4 is 5.73 Å². The lowest BCUT2D eigenvalue weighted by molar-refractivity contribution is -0.151. The van der Waals surface area contributed by atoms with Crippen LogP contribution in [0.3, 0.4) is 0 Å². The number of carbonyl (C=O) groups excluding carboxylic acids is 1. The van der Waals surface area contributed by atoms with E-state index in [0.29, 0.717) is 6.42 Å². The lowest BCUT2D eigenvalue weighted by Crippen LogP contribution is -2.46. The molecule has 1 atom stereocenters. The lowest BCUT2D eigenvalue weighted by atomic mass is 9.94. The normalized spacial score (nSPS) is 13.4. The molecule has 2 aromatic carbocycles. The zero-order chi connectivity index (χ0) is 15.1. The van der Waals surface area contributed by atoms with Gasteiger partial charge in [-0.3, -0.25) is 4.79 Å². The van der Waals surface area contributed by atoms with Crippen molar-refractivity contribution in [1.29, 1.82) is 0 Å². The van der Waals surface area contributed by atoms with Crippen LogP contribution in [0.15, 0.2) is 60.7 Å². The molecule has 0 radical (unpaired) electrons. The quantitative estimate of drug-likeness (QED) is 0.829. The maximum atomic E-state index is 12.1. The Hall–Kier alpha value is -2.13. The van der Waals surface area contributed by atoms with E-state index in [0.717, 1.165) is 12.0 Å². The fraction of sp³-hybridized carbons (Fsp3) is 0.278. The van der Waals surface area contributed by atoms with Gasteiger partial charge in [0.05, 0.1) is 0 Å². The molecule has 0 heterocycles. The van der Waals surface area contributed by atoms with Crippen molar-refractivity contribution in [2.45, 2.75) is 31.9 Å². The summed E-state index contributed by atoms with van der Waals surface area (Å²) in [5.74, 6) is -0.359. The summed E-state index contributed by atoms with van der Waals surface area (Å²) in [7, 11) is 0. The molecule has 0 aliphatic rings. The van der Waals surface area contributed by atoms with Crippen LogP contribution in [0.1, 0.15) is 24.5 Å². The first-order valence-corrected chi connectivity index (χ1v) is 7.12. The topological polar surface area (TPSA) is 52.3 Å². The zero-order valence-electron chi connectivity index (χ0n) is 12.3. The highest BCUT2D eigenvalue weighted by Gasteiger charge is 2.29. The lowest BCUT2D eigenvalue weighted by Gasteiger charge is -2.22. The van der Waals surface area contributed by atoms with Gasteiger partial charge in [-0.2, -0.15) is 0 Å². The van der Waals surface area contributed by atoms with Crippen LogP contribution in [0.2, 0.25) is 0 Å². The van der Waals surface area contributed by atoms with Gasteiger partial charge in [0.1, 0.15) is 12.1 Å². The SMILES string of the molecule is CC(N)(CCc1ccccc1)C(=O)OCc1ccccc1. The third-order valence-electron chi connectivity index (χ3n) is 3.45. The zero-order valence-corrected chi connectivity index (χ0v) is 12.3. The molecule has 2 aromatic rings. The molecule has 1 unspecified atom stereocenters. The third kappa shape index (κ3) is 4.72. The molecule has 2 rings (SSSR count). The van der Waals surface area contributed by atoms with Gasteiger partial charge in [-0.25, -0.2) is 0 Å². The Morgan fingerprint density at radius 2 is 1.52 bits per heavy atom. The smallest absolute Gasteiger partial charge is 0.326 e. The number of ether oxygens (including phenoxy) is 1. The van der Waals surface area contributed by atoms with Crippen molar-refractivity contribution in [3.8, 4) is 0 Å². The monoisotopic (exact) mass is 283 g/mol. The number of benzene rings is 2. The minimum absolute atomic E-state index is 0.262. The summed E-state index contributed by atoms with van der Waals surface area (Å²) >= 11 is 0. The standard InChI is InChI=1S/C18H21NO2/c1-18(19,13-12-15-8-4-2-5-9-15)17(20)21-14-16-10-6-3-7-11-16/h2-11H,12-14,19H2,1H3. The van der Waals surface area contributed by atoms with E-state index in [4.69, 9.17) is 10.5 Å². The summed E-state index contributed by atoms with van der Waals surface area (Å²) < 4.78 is 5.32. The molecule has 0 amide bonds. The molecule has 3 heteroatoms. The maximum Gasteiger partial charge on any atom is 0.326 e. The van der Waals surface area contributed by atoms with Gasteiger partial charge in [0.2, 0.25) is 0 Å². The Kier molecular flexibility index (Phi) is 5.12. The Morgan fingerprint density at radius 1 is 1.00 bits per heavy atom. The number of nitrogens with two attached hydrogens (primary N) is 1. The number of aryl methyl sites for hydroxylation is 1. The van der Waals surface area contributed by atoms with Crippen molar-refractivity contribution in [3.63, 3.8) is 0 Å². The van der Waals surface area contributed by atoms with Crippen molar-refractivity contribution in [2.75, 3.05) is 0 Å². The Balaban J connectivity index is 1.85. The molecule has 2 N–H and O–H groups in total. The second kappa shape index (κ2) is 7.04. The summed E-state index contributed by atoms with van der Waals surface area (Å²) in [6, 6.07) is 19.6. The van der Waals surface area contributed by atoms with E-state index in [-0.39, 0.29) is 12.6 Å². The molecule has 0 saturated heterocycles. The van der Waals surface area contributed by atoms with Crippen LogP contribution in [0.4, 0.5) is 0 Å². The summed E-state index contributed by atoms with van der Waals surface area (Å²) in [4.78, 5) is 12.1. The molecule has 0 bridgehead atoms. The van der Waals surface area contributed by atoms with E-state index in [1.807, 2.05) is 60.7 Å². The highest BCUT2D eigenvalue weighted by molar-refractivity contribution is 5.80. The molecule has 0 saturated carbocycles. The van der Waals surface area contributed by atoms with Gasteiger partial charge in [0.15, 0.2) is 0 Å². The molecule has 0 spiro atoms. The van der Waals surface area contributed by atoms with Crippen LogP contribution in [0.25, 0.3) is 0 Å².